The Morgan fingerprint density at radius 3 is 2.71 bits per heavy atom. The molecule has 1 saturated heterocycles. The number of rotatable bonds is 3. The molecule has 1 aliphatic rings. The summed E-state index contributed by atoms with van der Waals surface area (Å²) in [6.07, 6.45) is 2.07. The fraction of sp³-hybridized carbons (Fsp3) is 0.909. The summed E-state index contributed by atoms with van der Waals surface area (Å²) in [6, 6.07) is 0. The molecule has 0 spiro atoms. The molecule has 1 fully saturated rings. The van der Waals surface area contributed by atoms with Crippen LogP contribution in [0.2, 0.25) is 0 Å². The number of likely N-dealkylation sites (tertiary alicyclic amines) is 1. The summed E-state index contributed by atoms with van der Waals surface area (Å²) in [5, 5.41) is 0. The zero-order valence-corrected chi connectivity index (χ0v) is 9.67. The Labute approximate surface area is 86.4 Å². The van der Waals surface area contributed by atoms with Crippen LogP contribution >= 0.6 is 0 Å². The van der Waals surface area contributed by atoms with E-state index in [0.717, 1.165) is 25.9 Å². The van der Waals surface area contributed by atoms with Gasteiger partial charge in [0.2, 0.25) is 0 Å². The lowest BCUT2D eigenvalue weighted by molar-refractivity contribution is -0.148. The monoisotopic (exact) mass is 199 g/mol. The molecule has 3 nitrogen and oxygen atoms in total. The molecule has 1 heterocycles. The maximum Gasteiger partial charge on any atom is 0.310 e. The largest absolute Gasteiger partial charge is 0.469 e. The molecule has 0 aromatic carbocycles. The number of nitrogens with zero attached hydrogens (tertiary/aromatic N) is 1. The summed E-state index contributed by atoms with van der Waals surface area (Å²) < 4.78 is 4.83. The fourth-order valence-corrected chi connectivity index (χ4v) is 2.37. The van der Waals surface area contributed by atoms with Crippen molar-refractivity contribution in [3.05, 3.63) is 0 Å². The predicted octanol–water partition coefficient (Wildman–Crippen LogP) is 1.67. The van der Waals surface area contributed by atoms with Gasteiger partial charge in [0.25, 0.3) is 0 Å². The van der Waals surface area contributed by atoms with Crippen LogP contribution in [-0.2, 0) is 9.53 Å². The van der Waals surface area contributed by atoms with Crippen molar-refractivity contribution in [3.8, 4) is 0 Å². The van der Waals surface area contributed by atoms with E-state index < -0.39 is 0 Å². The summed E-state index contributed by atoms with van der Waals surface area (Å²) >= 11 is 0. The highest BCUT2D eigenvalue weighted by Gasteiger charge is 2.45. The Kier molecular flexibility index (Phi) is 3.53. The minimum Gasteiger partial charge on any atom is -0.469 e. The van der Waals surface area contributed by atoms with Crippen LogP contribution < -0.4 is 0 Å². The minimum absolute atomic E-state index is 0.0386. The van der Waals surface area contributed by atoms with E-state index in [1.54, 1.807) is 0 Å². The Morgan fingerprint density at radius 1 is 1.57 bits per heavy atom. The van der Waals surface area contributed by atoms with Gasteiger partial charge < -0.3 is 4.74 Å². The quantitative estimate of drug-likeness (QED) is 0.648. The standard InChI is InChI=1S/C11H21NO2/c1-5-7-12-8-6-9(10(13)14-4)11(12,2)3/h9H,5-8H2,1-4H3. The topological polar surface area (TPSA) is 29.5 Å². The molecule has 82 valence electrons. The molecule has 1 aliphatic heterocycles. The van der Waals surface area contributed by atoms with E-state index in [1.165, 1.54) is 7.11 Å². The van der Waals surface area contributed by atoms with Crippen LogP contribution in [0.1, 0.15) is 33.6 Å². The number of methoxy groups -OCH3 is 1. The maximum atomic E-state index is 11.5. The fourth-order valence-electron chi connectivity index (χ4n) is 2.37. The number of hydrogen-bond acceptors (Lipinski definition) is 3. The van der Waals surface area contributed by atoms with Crippen molar-refractivity contribution in [2.75, 3.05) is 20.2 Å². The van der Waals surface area contributed by atoms with Gasteiger partial charge in [-0.15, -0.1) is 0 Å². The molecule has 1 unspecified atom stereocenters. The maximum absolute atomic E-state index is 11.5. The zero-order valence-electron chi connectivity index (χ0n) is 9.67. The summed E-state index contributed by atoms with van der Waals surface area (Å²) in [5.41, 5.74) is -0.0386. The van der Waals surface area contributed by atoms with Crippen molar-refractivity contribution < 1.29 is 9.53 Å². The number of esters is 1. The van der Waals surface area contributed by atoms with Crippen LogP contribution in [0.25, 0.3) is 0 Å². The second kappa shape index (κ2) is 4.30. The smallest absolute Gasteiger partial charge is 0.310 e. The summed E-state index contributed by atoms with van der Waals surface area (Å²) in [7, 11) is 1.47. The highest BCUT2D eigenvalue weighted by atomic mass is 16.5. The van der Waals surface area contributed by atoms with Gasteiger partial charge in [-0.25, -0.2) is 0 Å². The second-order valence-electron chi connectivity index (χ2n) is 4.51. The molecule has 0 aliphatic carbocycles. The Morgan fingerprint density at radius 2 is 2.21 bits per heavy atom. The van der Waals surface area contributed by atoms with Crippen LogP contribution in [0.5, 0.6) is 0 Å². The van der Waals surface area contributed by atoms with Crippen molar-refractivity contribution in [1.82, 2.24) is 4.90 Å². The first-order valence-corrected chi connectivity index (χ1v) is 5.37. The highest BCUT2D eigenvalue weighted by Crippen LogP contribution is 2.35. The Bertz CT molecular complexity index is 213. The van der Waals surface area contributed by atoms with Gasteiger partial charge in [0.1, 0.15) is 0 Å². The summed E-state index contributed by atoms with van der Waals surface area (Å²) in [4.78, 5) is 13.9. The molecule has 0 amide bonds. The normalized spacial score (nSPS) is 26.4. The molecular weight excluding hydrogens is 178 g/mol. The predicted molar refractivity (Wildman–Crippen MR) is 56.1 cm³/mol. The Hall–Kier alpha value is -0.570. The average molecular weight is 199 g/mol. The molecular formula is C11H21NO2. The van der Waals surface area contributed by atoms with Crippen molar-refractivity contribution in [2.45, 2.75) is 39.2 Å². The van der Waals surface area contributed by atoms with Gasteiger partial charge in [-0.3, -0.25) is 9.69 Å². The van der Waals surface area contributed by atoms with E-state index in [1.807, 2.05) is 0 Å². The number of ether oxygens (including phenoxy) is 1. The van der Waals surface area contributed by atoms with Crippen LogP contribution in [0, 0.1) is 5.92 Å². The van der Waals surface area contributed by atoms with Crippen molar-refractivity contribution in [2.24, 2.45) is 5.92 Å². The van der Waals surface area contributed by atoms with Gasteiger partial charge in [-0.05, 0) is 39.8 Å². The second-order valence-corrected chi connectivity index (χ2v) is 4.51. The minimum atomic E-state index is -0.0615. The SMILES string of the molecule is CCCN1CCC(C(=O)OC)C1(C)C. The van der Waals surface area contributed by atoms with Crippen molar-refractivity contribution >= 4 is 5.97 Å². The van der Waals surface area contributed by atoms with E-state index in [2.05, 4.69) is 25.7 Å². The molecule has 0 aromatic rings. The van der Waals surface area contributed by atoms with E-state index in [4.69, 9.17) is 4.74 Å². The average Bonchev–Trinajstić information content (AvgIpc) is 2.42. The highest BCUT2D eigenvalue weighted by molar-refractivity contribution is 5.74. The van der Waals surface area contributed by atoms with Gasteiger partial charge in [-0.2, -0.15) is 0 Å². The number of carbonyl (C=O) groups excluding carboxylic acids is 1. The first-order chi connectivity index (χ1) is 6.54. The van der Waals surface area contributed by atoms with E-state index in [0.29, 0.717) is 0 Å². The van der Waals surface area contributed by atoms with Gasteiger partial charge in [0.15, 0.2) is 0 Å². The summed E-state index contributed by atoms with van der Waals surface area (Å²) in [5.74, 6) is -0.0207. The molecule has 0 aromatic heterocycles. The lowest BCUT2D eigenvalue weighted by atomic mass is 9.88. The lowest BCUT2D eigenvalue weighted by Crippen LogP contribution is -2.45. The molecule has 14 heavy (non-hydrogen) atoms. The van der Waals surface area contributed by atoms with Crippen LogP contribution in [0.3, 0.4) is 0 Å². The van der Waals surface area contributed by atoms with E-state index in [-0.39, 0.29) is 17.4 Å². The number of hydrogen-bond donors (Lipinski definition) is 0. The van der Waals surface area contributed by atoms with Crippen LogP contribution in [0.4, 0.5) is 0 Å². The number of carbonyl (C=O) groups is 1. The van der Waals surface area contributed by atoms with Crippen LogP contribution in [0.15, 0.2) is 0 Å². The van der Waals surface area contributed by atoms with Crippen LogP contribution in [-0.4, -0.2) is 36.6 Å². The van der Waals surface area contributed by atoms with Gasteiger partial charge in [0.05, 0.1) is 13.0 Å². The first kappa shape index (κ1) is 11.5. The zero-order chi connectivity index (χ0) is 10.8. The molecule has 1 atom stereocenters. The molecule has 0 saturated carbocycles. The Balaban J connectivity index is 2.70. The first-order valence-electron chi connectivity index (χ1n) is 5.37. The van der Waals surface area contributed by atoms with E-state index in [9.17, 15) is 4.79 Å². The molecule has 0 radical (unpaired) electrons. The van der Waals surface area contributed by atoms with Gasteiger partial charge >= 0.3 is 5.97 Å². The van der Waals surface area contributed by atoms with Gasteiger partial charge in [-0.1, -0.05) is 6.92 Å². The van der Waals surface area contributed by atoms with Gasteiger partial charge in [0, 0.05) is 5.54 Å². The van der Waals surface area contributed by atoms with Crippen molar-refractivity contribution in [3.63, 3.8) is 0 Å². The molecule has 3 heteroatoms. The third-order valence-electron chi connectivity index (χ3n) is 3.33. The molecule has 0 bridgehead atoms. The molecule has 1 rings (SSSR count). The van der Waals surface area contributed by atoms with E-state index >= 15 is 0 Å². The van der Waals surface area contributed by atoms with Crippen molar-refractivity contribution in [1.29, 1.82) is 0 Å². The summed E-state index contributed by atoms with van der Waals surface area (Å²) in [6.45, 7) is 8.52. The lowest BCUT2D eigenvalue weighted by Gasteiger charge is -2.34. The third-order valence-corrected chi connectivity index (χ3v) is 3.33. The molecule has 0 N–H and O–H groups in total. The third kappa shape index (κ3) is 1.92.